The van der Waals surface area contributed by atoms with E-state index < -0.39 is 6.10 Å². The van der Waals surface area contributed by atoms with E-state index in [2.05, 4.69) is 15.9 Å². The second-order valence-corrected chi connectivity index (χ2v) is 5.78. The van der Waals surface area contributed by atoms with Crippen molar-refractivity contribution >= 4 is 27.5 Å². The Kier molecular flexibility index (Phi) is 4.68. The zero-order chi connectivity index (χ0) is 14.9. The highest BCUT2D eigenvalue weighted by molar-refractivity contribution is 9.10. The third kappa shape index (κ3) is 3.32. The Bertz CT molecular complexity index is 644. The van der Waals surface area contributed by atoms with Gasteiger partial charge in [-0.1, -0.05) is 11.6 Å². The number of hydrogen-bond acceptors (Lipinski definition) is 2. The van der Waals surface area contributed by atoms with Gasteiger partial charge in [0.05, 0.1) is 10.6 Å². The molecule has 0 saturated carbocycles. The number of ether oxygens (including phenoxy) is 1. The van der Waals surface area contributed by atoms with Gasteiger partial charge in [0.1, 0.15) is 17.3 Å². The maximum absolute atomic E-state index is 13.6. The van der Waals surface area contributed by atoms with Gasteiger partial charge in [-0.25, -0.2) is 4.39 Å². The average molecular weight is 360 g/mol. The molecule has 0 radical (unpaired) electrons. The highest BCUT2D eigenvalue weighted by Gasteiger charge is 2.15. The number of aryl methyl sites for hydroxylation is 1. The molecule has 0 aromatic heterocycles. The van der Waals surface area contributed by atoms with Crippen molar-refractivity contribution in [3.8, 4) is 11.5 Å². The molecule has 2 aromatic rings. The molecule has 106 valence electrons. The van der Waals surface area contributed by atoms with E-state index in [9.17, 15) is 9.50 Å². The zero-order valence-corrected chi connectivity index (χ0v) is 13.3. The van der Waals surface area contributed by atoms with Crippen molar-refractivity contribution < 1.29 is 14.2 Å². The Labute approximate surface area is 130 Å². The molecule has 0 aliphatic carbocycles. The van der Waals surface area contributed by atoms with Crippen molar-refractivity contribution in [3.63, 3.8) is 0 Å². The summed E-state index contributed by atoms with van der Waals surface area (Å²) in [6, 6.07) is 7.96. The molecule has 0 amide bonds. The Morgan fingerprint density at radius 2 is 1.95 bits per heavy atom. The van der Waals surface area contributed by atoms with Crippen molar-refractivity contribution in [1.82, 2.24) is 0 Å². The van der Waals surface area contributed by atoms with Crippen LogP contribution in [0, 0.1) is 12.7 Å². The van der Waals surface area contributed by atoms with Gasteiger partial charge in [0.15, 0.2) is 0 Å². The van der Waals surface area contributed by atoms with E-state index in [0.717, 1.165) is 0 Å². The molecule has 1 N–H and O–H groups in total. The van der Waals surface area contributed by atoms with E-state index in [-0.39, 0.29) is 5.82 Å². The highest BCUT2D eigenvalue weighted by atomic mass is 79.9. The van der Waals surface area contributed by atoms with Crippen LogP contribution in [0.1, 0.15) is 24.2 Å². The summed E-state index contributed by atoms with van der Waals surface area (Å²) < 4.78 is 20.0. The lowest BCUT2D eigenvalue weighted by Crippen LogP contribution is -1.99. The molecule has 20 heavy (non-hydrogen) atoms. The maximum Gasteiger partial charge on any atom is 0.141 e. The van der Waals surface area contributed by atoms with Crippen LogP contribution >= 0.6 is 27.5 Å². The second kappa shape index (κ2) is 6.12. The smallest absolute Gasteiger partial charge is 0.141 e. The topological polar surface area (TPSA) is 29.5 Å². The molecule has 0 saturated heterocycles. The lowest BCUT2D eigenvalue weighted by atomic mass is 10.1. The molecule has 0 aliphatic heterocycles. The van der Waals surface area contributed by atoms with Crippen LogP contribution in [0.4, 0.5) is 4.39 Å². The van der Waals surface area contributed by atoms with Gasteiger partial charge in [0, 0.05) is 10.6 Å². The summed E-state index contributed by atoms with van der Waals surface area (Å²) in [5.74, 6) is 0.590. The summed E-state index contributed by atoms with van der Waals surface area (Å²) >= 11 is 9.23. The van der Waals surface area contributed by atoms with Crippen molar-refractivity contribution in [2.75, 3.05) is 0 Å². The van der Waals surface area contributed by atoms with E-state index in [1.807, 2.05) is 0 Å². The van der Waals surface area contributed by atoms with E-state index in [1.54, 1.807) is 38.1 Å². The minimum absolute atomic E-state index is 0.372. The first-order chi connectivity index (χ1) is 9.38. The predicted octanol–water partition coefficient (Wildman–Crippen LogP) is 5.40. The monoisotopic (exact) mass is 358 g/mol. The lowest BCUT2D eigenvalue weighted by Gasteiger charge is -2.15. The van der Waals surface area contributed by atoms with Gasteiger partial charge in [-0.2, -0.15) is 0 Å². The molecule has 0 aliphatic rings. The van der Waals surface area contributed by atoms with E-state index >= 15 is 0 Å². The second-order valence-electron chi connectivity index (χ2n) is 4.49. The maximum atomic E-state index is 13.6. The third-order valence-electron chi connectivity index (χ3n) is 2.85. The van der Waals surface area contributed by atoms with Crippen LogP contribution in [-0.2, 0) is 0 Å². The Hall–Kier alpha value is -1.10. The molecule has 1 atom stereocenters. The largest absolute Gasteiger partial charge is 0.456 e. The van der Waals surface area contributed by atoms with E-state index in [4.69, 9.17) is 16.3 Å². The predicted molar refractivity (Wildman–Crippen MR) is 81.0 cm³/mol. The molecule has 0 bridgehead atoms. The zero-order valence-electron chi connectivity index (χ0n) is 11.0. The minimum Gasteiger partial charge on any atom is -0.456 e. The molecule has 2 aromatic carbocycles. The van der Waals surface area contributed by atoms with Crippen LogP contribution in [0.15, 0.2) is 34.8 Å². The number of benzene rings is 2. The van der Waals surface area contributed by atoms with Gasteiger partial charge in [-0.3, -0.25) is 0 Å². The van der Waals surface area contributed by atoms with Crippen LogP contribution in [0.2, 0.25) is 5.02 Å². The minimum atomic E-state index is -0.828. The summed E-state index contributed by atoms with van der Waals surface area (Å²) in [6.07, 6.45) is -0.828. The van der Waals surface area contributed by atoms with E-state index in [1.165, 1.54) is 6.07 Å². The number of hydrogen-bond donors (Lipinski definition) is 1. The van der Waals surface area contributed by atoms with Crippen molar-refractivity contribution in [3.05, 3.63) is 56.8 Å². The Morgan fingerprint density at radius 1 is 1.25 bits per heavy atom. The summed E-state index contributed by atoms with van der Waals surface area (Å²) in [4.78, 5) is 0. The van der Waals surface area contributed by atoms with Crippen LogP contribution < -0.4 is 4.74 Å². The molecule has 0 heterocycles. The summed E-state index contributed by atoms with van der Waals surface area (Å²) in [6.45, 7) is 3.21. The standard InChI is InChI=1S/C15H13BrClFO2/c1-8-5-15(11(9(2)19)7-13(8)18)20-14-4-3-10(17)6-12(14)16/h3-7,9,19H,1-2H3/t9-/m0/s1. The number of aliphatic hydroxyl groups excluding tert-OH is 1. The summed E-state index contributed by atoms with van der Waals surface area (Å²) in [5.41, 5.74) is 0.851. The molecule has 0 fully saturated rings. The average Bonchev–Trinajstić information content (AvgIpc) is 2.36. The van der Waals surface area contributed by atoms with Gasteiger partial charge < -0.3 is 9.84 Å². The van der Waals surface area contributed by atoms with Gasteiger partial charge in [0.25, 0.3) is 0 Å². The van der Waals surface area contributed by atoms with Crippen LogP contribution in [0.25, 0.3) is 0 Å². The first-order valence-electron chi connectivity index (χ1n) is 5.99. The Morgan fingerprint density at radius 3 is 2.55 bits per heavy atom. The van der Waals surface area contributed by atoms with Crippen molar-refractivity contribution in [2.45, 2.75) is 20.0 Å². The molecular formula is C15H13BrClFO2. The fourth-order valence-corrected chi connectivity index (χ4v) is 2.53. The normalized spacial score (nSPS) is 12.3. The molecule has 0 unspecified atom stereocenters. The molecule has 2 nitrogen and oxygen atoms in total. The first-order valence-corrected chi connectivity index (χ1v) is 7.16. The fraction of sp³-hybridized carbons (Fsp3) is 0.200. The van der Waals surface area contributed by atoms with Crippen molar-refractivity contribution in [2.24, 2.45) is 0 Å². The van der Waals surface area contributed by atoms with Gasteiger partial charge in [-0.05, 0) is 65.7 Å². The number of rotatable bonds is 3. The van der Waals surface area contributed by atoms with Crippen LogP contribution in [0.5, 0.6) is 11.5 Å². The lowest BCUT2D eigenvalue weighted by molar-refractivity contribution is 0.195. The molecule has 2 rings (SSSR count). The highest BCUT2D eigenvalue weighted by Crippen LogP contribution is 2.36. The van der Waals surface area contributed by atoms with Crippen LogP contribution in [0.3, 0.4) is 0 Å². The first kappa shape index (κ1) is 15.3. The summed E-state index contributed by atoms with van der Waals surface area (Å²) in [5, 5.41) is 10.3. The molecule has 5 heteroatoms. The summed E-state index contributed by atoms with van der Waals surface area (Å²) in [7, 11) is 0. The third-order valence-corrected chi connectivity index (χ3v) is 3.71. The fourth-order valence-electron chi connectivity index (χ4n) is 1.76. The Balaban J connectivity index is 2.44. The quantitative estimate of drug-likeness (QED) is 0.795. The number of halogens is 3. The van der Waals surface area contributed by atoms with Gasteiger partial charge >= 0.3 is 0 Å². The van der Waals surface area contributed by atoms with Crippen molar-refractivity contribution in [1.29, 1.82) is 0 Å². The van der Waals surface area contributed by atoms with Gasteiger partial charge in [-0.15, -0.1) is 0 Å². The van der Waals surface area contributed by atoms with Crippen LogP contribution in [-0.4, -0.2) is 5.11 Å². The van der Waals surface area contributed by atoms with Gasteiger partial charge in [0.2, 0.25) is 0 Å². The molecule has 0 spiro atoms. The SMILES string of the molecule is Cc1cc(Oc2ccc(Cl)cc2Br)c([C@H](C)O)cc1F. The van der Waals surface area contributed by atoms with E-state index in [0.29, 0.717) is 32.1 Å². The number of aliphatic hydroxyl groups is 1. The molecular weight excluding hydrogens is 347 g/mol.